The second-order valence-electron chi connectivity index (χ2n) is 4.74. The Hall–Kier alpha value is -2.89. The number of rotatable bonds is 3. The van der Waals surface area contributed by atoms with Gasteiger partial charge in [-0.2, -0.15) is 5.10 Å². The Morgan fingerprint density at radius 3 is 2.71 bits per heavy atom. The molecule has 106 valence electrons. The first-order chi connectivity index (χ1) is 10.1. The van der Waals surface area contributed by atoms with Crippen LogP contribution in [0.1, 0.15) is 16.3 Å². The van der Waals surface area contributed by atoms with Gasteiger partial charge in [0, 0.05) is 30.7 Å². The molecule has 0 saturated heterocycles. The molecule has 0 aliphatic carbocycles. The molecule has 0 aliphatic heterocycles. The predicted octanol–water partition coefficient (Wildman–Crippen LogP) is 2.28. The number of aryl methyl sites for hydroxylation is 2. The molecular weight excluding hydrogens is 268 g/mol. The van der Waals surface area contributed by atoms with Crippen molar-refractivity contribution in [3.05, 3.63) is 54.2 Å². The molecule has 2 aromatic heterocycles. The minimum absolute atomic E-state index is 0.0386. The number of nitrogens with zero attached hydrogens (tertiary/aromatic N) is 4. The fraction of sp³-hybridized carbons (Fsp3) is 0.133. The molecule has 0 radical (unpaired) electrons. The fourth-order valence-corrected chi connectivity index (χ4v) is 2.31. The molecule has 21 heavy (non-hydrogen) atoms. The van der Waals surface area contributed by atoms with Gasteiger partial charge >= 0.3 is 5.97 Å². The summed E-state index contributed by atoms with van der Waals surface area (Å²) in [5, 5.41) is 13.0. The van der Waals surface area contributed by atoms with Crippen molar-refractivity contribution < 1.29 is 9.90 Å². The minimum Gasteiger partial charge on any atom is -0.476 e. The standard InChI is InChI=1S/C15H14N4O2/c1-10-16-6-7-19(10)12-5-3-4-11(8-12)14-9-13(15(20)21)17-18(14)2/h3-9H,1-2H3,(H,20,21). The first kappa shape index (κ1) is 13.1. The minimum atomic E-state index is -1.03. The summed E-state index contributed by atoms with van der Waals surface area (Å²) in [6.07, 6.45) is 3.63. The van der Waals surface area contributed by atoms with E-state index in [2.05, 4.69) is 10.1 Å². The lowest BCUT2D eigenvalue weighted by Gasteiger charge is -2.08. The van der Waals surface area contributed by atoms with Crippen LogP contribution in [0.5, 0.6) is 0 Å². The number of hydrogen-bond donors (Lipinski definition) is 1. The summed E-state index contributed by atoms with van der Waals surface area (Å²) in [6, 6.07) is 9.39. The van der Waals surface area contributed by atoms with Gasteiger partial charge in [-0.1, -0.05) is 12.1 Å². The van der Waals surface area contributed by atoms with Crippen LogP contribution in [0.15, 0.2) is 42.7 Å². The molecule has 6 nitrogen and oxygen atoms in total. The van der Waals surface area contributed by atoms with Crippen molar-refractivity contribution >= 4 is 5.97 Å². The van der Waals surface area contributed by atoms with Crippen molar-refractivity contribution in [2.75, 3.05) is 0 Å². The monoisotopic (exact) mass is 282 g/mol. The maximum absolute atomic E-state index is 11.0. The van der Waals surface area contributed by atoms with Gasteiger partial charge in [0.25, 0.3) is 0 Å². The SMILES string of the molecule is Cc1nccn1-c1cccc(-c2cc(C(=O)O)nn2C)c1. The van der Waals surface area contributed by atoms with E-state index in [9.17, 15) is 4.79 Å². The lowest BCUT2D eigenvalue weighted by atomic mass is 10.1. The van der Waals surface area contributed by atoms with Crippen LogP contribution >= 0.6 is 0 Å². The molecule has 3 aromatic rings. The van der Waals surface area contributed by atoms with Crippen molar-refractivity contribution in [1.82, 2.24) is 19.3 Å². The summed E-state index contributed by atoms with van der Waals surface area (Å²) in [5.41, 5.74) is 2.67. The first-order valence-electron chi connectivity index (χ1n) is 6.44. The Kier molecular flexibility index (Phi) is 3.06. The van der Waals surface area contributed by atoms with Crippen LogP contribution in [-0.2, 0) is 7.05 Å². The molecule has 1 aromatic carbocycles. The molecule has 2 heterocycles. The van der Waals surface area contributed by atoms with Gasteiger partial charge in [-0.15, -0.1) is 0 Å². The molecule has 1 N–H and O–H groups in total. The summed E-state index contributed by atoms with van der Waals surface area (Å²) in [6.45, 7) is 1.93. The first-order valence-corrected chi connectivity index (χ1v) is 6.44. The van der Waals surface area contributed by atoms with E-state index in [1.54, 1.807) is 24.0 Å². The van der Waals surface area contributed by atoms with Crippen molar-refractivity contribution in [1.29, 1.82) is 0 Å². The highest BCUT2D eigenvalue weighted by atomic mass is 16.4. The Morgan fingerprint density at radius 2 is 2.10 bits per heavy atom. The Bertz CT molecular complexity index is 817. The number of carboxylic acid groups (broad SMARTS) is 1. The Balaban J connectivity index is 2.08. The highest BCUT2D eigenvalue weighted by Crippen LogP contribution is 2.23. The molecule has 6 heteroatoms. The van der Waals surface area contributed by atoms with Crippen molar-refractivity contribution in [3.63, 3.8) is 0 Å². The van der Waals surface area contributed by atoms with Crippen molar-refractivity contribution in [2.24, 2.45) is 7.05 Å². The number of aromatic nitrogens is 4. The van der Waals surface area contributed by atoms with Crippen LogP contribution in [0.4, 0.5) is 0 Å². The lowest BCUT2D eigenvalue weighted by Crippen LogP contribution is -1.99. The van der Waals surface area contributed by atoms with E-state index in [4.69, 9.17) is 5.11 Å². The molecular formula is C15H14N4O2. The van der Waals surface area contributed by atoms with E-state index in [1.807, 2.05) is 42.0 Å². The molecule has 3 rings (SSSR count). The van der Waals surface area contributed by atoms with Crippen LogP contribution < -0.4 is 0 Å². The van der Waals surface area contributed by atoms with Gasteiger partial charge in [0.1, 0.15) is 5.82 Å². The molecule has 0 amide bonds. The zero-order valence-corrected chi connectivity index (χ0v) is 11.7. The zero-order chi connectivity index (χ0) is 15.0. The van der Waals surface area contributed by atoms with Crippen LogP contribution in [0.2, 0.25) is 0 Å². The number of benzene rings is 1. The van der Waals surface area contributed by atoms with Crippen molar-refractivity contribution in [3.8, 4) is 16.9 Å². The molecule has 0 saturated carbocycles. The third-order valence-electron chi connectivity index (χ3n) is 3.34. The van der Waals surface area contributed by atoms with Gasteiger partial charge < -0.3 is 9.67 Å². The quantitative estimate of drug-likeness (QED) is 0.800. The zero-order valence-electron chi connectivity index (χ0n) is 11.7. The number of aromatic carboxylic acids is 1. The normalized spacial score (nSPS) is 10.8. The van der Waals surface area contributed by atoms with Gasteiger partial charge in [0.15, 0.2) is 5.69 Å². The summed E-state index contributed by atoms with van der Waals surface area (Å²) < 4.78 is 3.54. The van der Waals surface area contributed by atoms with Crippen LogP contribution in [-0.4, -0.2) is 30.4 Å². The molecule has 0 atom stereocenters. The summed E-state index contributed by atoms with van der Waals surface area (Å²) >= 11 is 0. The lowest BCUT2D eigenvalue weighted by molar-refractivity contribution is 0.0689. The highest BCUT2D eigenvalue weighted by Gasteiger charge is 2.13. The summed E-state index contributed by atoms with van der Waals surface area (Å²) in [7, 11) is 1.73. The van der Waals surface area contributed by atoms with E-state index in [1.165, 1.54) is 0 Å². The maximum Gasteiger partial charge on any atom is 0.356 e. The topological polar surface area (TPSA) is 72.9 Å². The van der Waals surface area contributed by atoms with Gasteiger partial charge in [0.05, 0.1) is 5.69 Å². The second-order valence-corrected chi connectivity index (χ2v) is 4.74. The number of imidazole rings is 1. The second kappa shape index (κ2) is 4.90. The van der Waals surface area contributed by atoms with Crippen LogP contribution in [0, 0.1) is 6.92 Å². The average Bonchev–Trinajstić information content (AvgIpc) is 3.05. The van der Waals surface area contributed by atoms with Crippen LogP contribution in [0.25, 0.3) is 16.9 Å². The van der Waals surface area contributed by atoms with E-state index < -0.39 is 5.97 Å². The molecule has 0 bridgehead atoms. The smallest absolute Gasteiger partial charge is 0.356 e. The largest absolute Gasteiger partial charge is 0.476 e. The van der Waals surface area contributed by atoms with Gasteiger partial charge in [-0.3, -0.25) is 4.68 Å². The predicted molar refractivity (Wildman–Crippen MR) is 77.5 cm³/mol. The van der Waals surface area contributed by atoms with E-state index in [0.29, 0.717) is 0 Å². The maximum atomic E-state index is 11.0. The van der Waals surface area contributed by atoms with E-state index in [0.717, 1.165) is 22.8 Å². The molecule has 0 spiro atoms. The number of carboxylic acids is 1. The molecule has 0 fully saturated rings. The van der Waals surface area contributed by atoms with Gasteiger partial charge in [-0.25, -0.2) is 9.78 Å². The molecule has 0 unspecified atom stereocenters. The summed E-state index contributed by atoms with van der Waals surface area (Å²) in [4.78, 5) is 15.2. The summed E-state index contributed by atoms with van der Waals surface area (Å²) in [5.74, 6) is -0.137. The van der Waals surface area contributed by atoms with Gasteiger partial charge in [0.2, 0.25) is 0 Å². The van der Waals surface area contributed by atoms with Crippen LogP contribution in [0.3, 0.4) is 0 Å². The number of carbonyl (C=O) groups is 1. The van der Waals surface area contributed by atoms with E-state index >= 15 is 0 Å². The third kappa shape index (κ3) is 2.31. The average molecular weight is 282 g/mol. The van der Waals surface area contributed by atoms with Gasteiger partial charge in [-0.05, 0) is 25.1 Å². The third-order valence-corrected chi connectivity index (χ3v) is 3.34. The fourth-order valence-electron chi connectivity index (χ4n) is 2.31. The Morgan fingerprint density at radius 1 is 1.29 bits per heavy atom. The van der Waals surface area contributed by atoms with E-state index in [-0.39, 0.29) is 5.69 Å². The Labute approximate surface area is 121 Å². The number of hydrogen-bond acceptors (Lipinski definition) is 3. The molecule has 0 aliphatic rings. The van der Waals surface area contributed by atoms with Crippen molar-refractivity contribution in [2.45, 2.75) is 6.92 Å². The highest BCUT2D eigenvalue weighted by molar-refractivity contribution is 5.87.